The van der Waals surface area contributed by atoms with E-state index in [0.29, 0.717) is 0 Å². The van der Waals surface area contributed by atoms with E-state index in [0.717, 1.165) is 0 Å². The predicted octanol–water partition coefficient (Wildman–Crippen LogP) is -2.45. The van der Waals surface area contributed by atoms with Crippen molar-refractivity contribution in [1.29, 1.82) is 0 Å². The quantitative estimate of drug-likeness (QED) is 0.356. The summed E-state index contributed by atoms with van der Waals surface area (Å²) in [4.78, 5) is 20.3. The van der Waals surface area contributed by atoms with Crippen LogP contribution in [0.3, 0.4) is 0 Å². The van der Waals surface area contributed by atoms with Crippen LogP contribution in [0, 0.1) is 0 Å². The summed E-state index contributed by atoms with van der Waals surface area (Å²) < 4.78 is 28.8. The van der Waals surface area contributed by atoms with Gasteiger partial charge in [0, 0.05) is 0 Å². The number of hydrogen-bond acceptors (Lipinski definition) is 4. The van der Waals surface area contributed by atoms with Gasteiger partial charge in [0.15, 0.2) is 5.25 Å². The first-order valence-corrected chi connectivity index (χ1v) is 4.23. The van der Waals surface area contributed by atoms with Crippen LogP contribution in [0.15, 0.2) is 0 Å². The van der Waals surface area contributed by atoms with Gasteiger partial charge < -0.3 is 10.8 Å². The van der Waals surface area contributed by atoms with E-state index in [1.807, 2.05) is 0 Å². The summed E-state index contributed by atoms with van der Waals surface area (Å²) in [5, 5.41) is 6.04. The summed E-state index contributed by atoms with van der Waals surface area (Å²) in [5.41, 5.74) is 4.55. The van der Waals surface area contributed by atoms with E-state index in [4.69, 9.17) is 9.66 Å². The standard InChI is InChI=1S/C4H7NO6S.Na.H/c5-3(6)1-2(4(7)8)12(9,10)11;;/h2H,1H2,(H2,5,6)(H,7,8)(H,9,10,11);;. The third-order valence-corrected chi connectivity index (χ3v) is 2.11. The van der Waals surface area contributed by atoms with Gasteiger partial charge in [0.05, 0.1) is 6.42 Å². The summed E-state index contributed by atoms with van der Waals surface area (Å²) in [7, 11) is -4.76. The van der Waals surface area contributed by atoms with E-state index in [9.17, 15) is 18.0 Å². The van der Waals surface area contributed by atoms with E-state index >= 15 is 0 Å². The number of carboxylic acids is 1. The average Bonchev–Trinajstić information content (AvgIpc) is 1.79. The third kappa shape index (κ3) is 5.99. The molecule has 13 heavy (non-hydrogen) atoms. The molecule has 0 aromatic heterocycles. The van der Waals surface area contributed by atoms with Crippen LogP contribution in [0.4, 0.5) is 0 Å². The number of carbonyl (C=O) groups excluding carboxylic acids is 1. The van der Waals surface area contributed by atoms with Gasteiger partial charge in [-0.05, 0) is 0 Å². The Kier molecular flexibility index (Phi) is 6.55. The van der Waals surface area contributed by atoms with Gasteiger partial charge >= 0.3 is 35.5 Å². The van der Waals surface area contributed by atoms with E-state index in [1.165, 1.54) is 0 Å². The van der Waals surface area contributed by atoms with Crippen LogP contribution in [0.1, 0.15) is 6.42 Å². The molecule has 0 heterocycles. The van der Waals surface area contributed by atoms with E-state index in [2.05, 4.69) is 5.73 Å². The molecule has 1 atom stereocenters. The van der Waals surface area contributed by atoms with Crippen molar-refractivity contribution in [3.8, 4) is 0 Å². The molecule has 4 N–H and O–H groups in total. The molecular formula is C4H8NNaO6S. The molecule has 0 aliphatic rings. The number of aliphatic carboxylic acids is 1. The Morgan fingerprint density at radius 3 is 1.85 bits per heavy atom. The van der Waals surface area contributed by atoms with E-state index in [1.54, 1.807) is 0 Å². The Morgan fingerprint density at radius 2 is 1.77 bits per heavy atom. The molecule has 0 aliphatic carbocycles. The fourth-order valence-corrected chi connectivity index (χ4v) is 1.13. The Labute approximate surface area is 96.3 Å². The molecule has 0 bridgehead atoms. The normalized spacial score (nSPS) is 12.7. The van der Waals surface area contributed by atoms with Crippen LogP contribution in [-0.4, -0.2) is 64.8 Å². The number of carboxylic acid groups (broad SMARTS) is 1. The second kappa shape index (κ2) is 5.55. The molecule has 9 heteroatoms. The molecule has 1 unspecified atom stereocenters. The molecule has 7 nitrogen and oxygen atoms in total. The maximum atomic E-state index is 10.3. The van der Waals surface area contributed by atoms with Crippen molar-refractivity contribution < 1.29 is 27.7 Å². The van der Waals surface area contributed by atoms with Crippen LogP contribution in [0.5, 0.6) is 0 Å². The molecule has 0 aromatic rings. The zero-order chi connectivity index (χ0) is 9.94. The first kappa shape index (κ1) is 15.3. The SMILES string of the molecule is NC(=O)CC(C(=O)O)S(=O)(=O)O.[NaH]. The summed E-state index contributed by atoms with van der Waals surface area (Å²) >= 11 is 0. The van der Waals surface area contributed by atoms with Gasteiger partial charge in [0.1, 0.15) is 0 Å². The van der Waals surface area contributed by atoms with Crippen LogP contribution in [0.2, 0.25) is 0 Å². The molecule has 1 amide bonds. The summed E-state index contributed by atoms with van der Waals surface area (Å²) in [6.45, 7) is 0. The van der Waals surface area contributed by atoms with Crippen LogP contribution < -0.4 is 5.73 Å². The molecular weight excluding hydrogens is 213 g/mol. The average molecular weight is 221 g/mol. The fourth-order valence-electron chi connectivity index (χ4n) is 0.503. The number of primary amides is 1. The van der Waals surface area contributed by atoms with Crippen molar-refractivity contribution in [3.63, 3.8) is 0 Å². The van der Waals surface area contributed by atoms with Gasteiger partial charge in [0.2, 0.25) is 5.91 Å². The minimum absolute atomic E-state index is 0. The van der Waals surface area contributed by atoms with E-state index in [-0.39, 0.29) is 29.6 Å². The second-order valence-electron chi connectivity index (χ2n) is 2.01. The van der Waals surface area contributed by atoms with Crippen molar-refractivity contribution >= 4 is 51.6 Å². The van der Waals surface area contributed by atoms with Crippen molar-refractivity contribution in [2.75, 3.05) is 0 Å². The number of rotatable bonds is 4. The zero-order valence-corrected chi connectivity index (χ0v) is 6.61. The second-order valence-corrected chi connectivity index (χ2v) is 3.61. The van der Waals surface area contributed by atoms with Crippen LogP contribution in [-0.2, 0) is 19.7 Å². The fraction of sp³-hybridized carbons (Fsp3) is 0.500. The van der Waals surface area contributed by atoms with Crippen molar-refractivity contribution in [2.24, 2.45) is 5.73 Å². The summed E-state index contributed by atoms with van der Waals surface area (Å²) in [6.07, 6.45) is -0.936. The third-order valence-electron chi connectivity index (χ3n) is 1.02. The van der Waals surface area contributed by atoms with Gasteiger partial charge in [-0.3, -0.25) is 14.1 Å². The Balaban J connectivity index is 0. The number of nitrogens with two attached hydrogens (primary N) is 1. The van der Waals surface area contributed by atoms with E-state index < -0.39 is 33.7 Å². The number of hydrogen-bond donors (Lipinski definition) is 3. The molecule has 0 spiro atoms. The molecule has 0 aromatic carbocycles. The van der Waals surface area contributed by atoms with Crippen molar-refractivity contribution in [1.82, 2.24) is 0 Å². The summed E-state index contributed by atoms with van der Waals surface area (Å²) in [5.74, 6) is -2.92. The number of carbonyl (C=O) groups is 2. The van der Waals surface area contributed by atoms with Gasteiger partial charge in [0.25, 0.3) is 10.1 Å². The first-order chi connectivity index (χ1) is 5.25. The molecule has 0 radical (unpaired) electrons. The van der Waals surface area contributed by atoms with Gasteiger partial charge in [-0.1, -0.05) is 0 Å². The van der Waals surface area contributed by atoms with Gasteiger partial charge in [-0.15, -0.1) is 0 Å². The molecule has 0 fully saturated rings. The van der Waals surface area contributed by atoms with Crippen LogP contribution in [0.25, 0.3) is 0 Å². The Hall–Kier alpha value is -0.150. The molecule has 0 saturated carbocycles. The maximum absolute atomic E-state index is 10.3. The van der Waals surface area contributed by atoms with Gasteiger partial charge in [-0.25, -0.2) is 0 Å². The van der Waals surface area contributed by atoms with Crippen molar-refractivity contribution in [3.05, 3.63) is 0 Å². The topological polar surface area (TPSA) is 135 Å². The molecule has 0 rings (SSSR count). The zero-order valence-electron chi connectivity index (χ0n) is 5.80. The van der Waals surface area contributed by atoms with Gasteiger partial charge in [-0.2, -0.15) is 8.42 Å². The Bertz CT molecular complexity index is 298. The van der Waals surface area contributed by atoms with Crippen LogP contribution >= 0.6 is 0 Å². The first-order valence-electron chi connectivity index (χ1n) is 2.72. The predicted molar refractivity (Wildman–Crippen MR) is 43.9 cm³/mol. The molecule has 0 saturated heterocycles. The molecule has 72 valence electrons. The molecule has 0 aliphatic heterocycles. The Morgan fingerprint density at radius 1 is 1.38 bits per heavy atom. The summed E-state index contributed by atoms with van der Waals surface area (Å²) in [6, 6.07) is 0. The monoisotopic (exact) mass is 221 g/mol. The van der Waals surface area contributed by atoms with Crippen molar-refractivity contribution in [2.45, 2.75) is 11.7 Å². The number of amides is 1. The minimum atomic E-state index is -4.76.